The minimum absolute atomic E-state index is 0.0745. The Hall–Kier alpha value is -1.38. The van der Waals surface area contributed by atoms with Crippen LogP contribution in [0.3, 0.4) is 0 Å². The van der Waals surface area contributed by atoms with E-state index in [4.69, 9.17) is 15.6 Å². The summed E-state index contributed by atoms with van der Waals surface area (Å²) in [7, 11) is -2.47. The summed E-state index contributed by atoms with van der Waals surface area (Å²) in [6.45, 7) is 0. The summed E-state index contributed by atoms with van der Waals surface area (Å²) >= 11 is 4.65. The maximum Gasteiger partial charge on any atom is 0.241 e. The largest absolute Gasteiger partial charge is 0.495 e. The Morgan fingerprint density at radius 1 is 1.50 bits per heavy atom. The van der Waals surface area contributed by atoms with Crippen LogP contribution in [0.5, 0.6) is 5.75 Å². The van der Waals surface area contributed by atoms with E-state index in [2.05, 4.69) is 17.5 Å². The molecule has 0 saturated carbocycles. The summed E-state index contributed by atoms with van der Waals surface area (Å²) in [6, 6.07) is 4.25. The maximum absolute atomic E-state index is 11.2. The van der Waals surface area contributed by atoms with Crippen molar-refractivity contribution < 1.29 is 13.2 Å². The lowest BCUT2D eigenvalue weighted by Gasteiger charge is -2.09. The fraction of sp³-hybridized carbons (Fsp3) is 0.125. The maximum atomic E-state index is 11.2. The predicted molar refractivity (Wildman–Crippen MR) is 64.8 cm³/mol. The fourth-order valence-electron chi connectivity index (χ4n) is 1.12. The molecule has 0 amide bonds. The Balaban J connectivity index is 3.22. The lowest BCUT2D eigenvalue weighted by molar-refractivity contribution is 0.403. The van der Waals surface area contributed by atoms with Crippen LogP contribution < -0.4 is 20.9 Å². The second-order valence-electron chi connectivity index (χ2n) is 2.90. The molecule has 0 radical (unpaired) electrons. The van der Waals surface area contributed by atoms with Crippen LogP contribution in [0, 0.1) is 0 Å². The summed E-state index contributed by atoms with van der Waals surface area (Å²) in [6.07, 6.45) is 0. The van der Waals surface area contributed by atoms with E-state index in [1.807, 2.05) is 0 Å². The fourth-order valence-corrected chi connectivity index (χ4v) is 1.92. The molecule has 0 heterocycles. The molecule has 0 saturated heterocycles. The topological polar surface area (TPSA) is 107 Å². The van der Waals surface area contributed by atoms with Crippen LogP contribution in [-0.4, -0.2) is 20.6 Å². The lowest BCUT2D eigenvalue weighted by atomic mass is 10.3. The average molecular weight is 261 g/mol. The molecule has 0 atom stereocenters. The van der Waals surface area contributed by atoms with Crippen molar-refractivity contribution in [3.8, 4) is 5.75 Å². The number of hydrogen-bond acceptors (Lipinski definition) is 4. The zero-order chi connectivity index (χ0) is 12.3. The summed E-state index contributed by atoms with van der Waals surface area (Å²) in [5, 5.41) is 7.73. The van der Waals surface area contributed by atoms with Gasteiger partial charge in [-0.2, -0.15) is 0 Å². The number of nitrogens with two attached hydrogens (primary N) is 2. The minimum atomic E-state index is -3.81. The van der Waals surface area contributed by atoms with Crippen molar-refractivity contribution in [2.45, 2.75) is 4.90 Å². The van der Waals surface area contributed by atoms with Crippen molar-refractivity contribution in [3.63, 3.8) is 0 Å². The standard InChI is InChI=1S/C8H11N3O3S2/c1-14-6-4-5(11-8(9)15)2-3-7(6)16(10,12)13/h2-4H,1H3,(H3,9,11,15)(H2,10,12,13). The van der Waals surface area contributed by atoms with E-state index < -0.39 is 10.0 Å². The van der Waals surface area contributed by atoms with E-state index in [0.29, 0.717) is 5.69 Å². The number of primary sulfonamides is 1. The van der Waals surface area contributed by atoms with E-state index in [1.165, 1.54) is 25.3 Å². The lowest BCUT2D eigenvalue weighted by Crippen LogP contribution is -2.19. The molecule has 0 fully saturated rings. The minimum Gasteiger partial charge on any atom is -0.495 e. The van der Waals surface area contributed by atoms with Gasteiger partial charge in [-0.3, -0.25) is 0 Å². The smallest absolute Gasteiger partial charge is 0.241 e. The highest BCUT2D eigenvalue weighted by molar-refractivity contribution is 7.89. The van der Waals surface area contributed by atoms with Gasteiger partial charge in [0.1, 0.15) is 10.6 Å². The van der Waals surface area contributed by atoms with Crippen LogP contribution >= 0.6 is 12.2 Å². The molecule has 0 aliphatic rings. The first-order chi connectivity index (χ1) is 7.34. The Morgan fingerprint density at radius 2 is 2.12 bits per heavy atom. The second kappa shape index (κ2) is 4.64. The van der Waals surface area contributed by atoms with Crippen molar-refractivity contribution in [1.29, 1.82) is 0 Å². The van der Waals surface area contributed by atoms with Crippen LogP contribution in [0.15, 0.2) is 23.1 Å². The Kier molecular flexibility index (Phi) is 3.68. The monoisotopic (exact) mass is 261 g/mol. The van der Waals surface area contributed by atoms with Gasteiger partial charge in [0.25, 0.3) is 0 Å². The molecule has 1 rings (SSSR count). The van der Waals surface area contributed by atoms with Crippen LogP contribution in [-0.2, 0) is 10.0 Å². The molecule has 0 unspecified atom stereocenters. The van der Waals surface area contributed by atoms with Gasteiger partial charge in [0.2, 0.25) is 10.0 Å². The molecular formula is C8H11N3O3S2. The highest BCUT2D eigenvalue weighted by Gasteiger charge is 2.15. The highest BCUT2D eigenvalue weighted by Crippen LogP contribution is 2.26. The Bertz CT molecular complexity index is 513. The van der Waals surface area contributed by atoms with Crippen molar-refractivity contribution in [3.05, 3.63) is 18.2 Å². The normalized spacial score (nSPS) is 10.9. The van der Waals surface area contributed by atoms with Crippen LogP contribution in [0.4, 0.5) is 5.69 Å². The molecular weight excluding hydrogens is 250 g/mol. The average Bonchev–Trinajstić information content (AvgIpc) is 2.14. The van der Waals surface area contributed by atoms with Gasteiger partial charge in [-0.25, -0.2) is 13.6 Å². The van der Waals surface area contributed by atoms with Gasteiger partial charge >= 0.3 is 0 Å². The number of ether oxygens (including phenoxy) is 1. The van der Waals surface area contributed by atoms with E-state index in [0.717, 1.165) is 0 Å². The third-order valence-electron chi connectivity index (χ3n) is 1.74. The predicted octanol–water partition coefficient (Wildman–Crippen LogP) is -0.00190. The van der Waals surface area contributed by atoms with Crippen molar-refractivity contribution in [1.82, 2.24) is 0 Å². The first-order valence-corrected chi connectivity index (χ1v) is 6.07. The Labute approximate surface area is 98.6 Å². The molecule has 5 N–H and O–H groups in total. The van der Waals surface area contributed by atoms with Gasteiger partial charge < -0.3 is 15.8 Å². The number of methoxy groups -OCH3 is 1. The SMILES string of the molecule is COc1cc(NC(N)=S)ccc1S(N)(=O)=O. The van der Waals surface area contributed by atoms with E-state index in [1.54, 1.807) is 0 Å². The van der Waals surface area contributed by atoms with Gasteiger partial charge in [0.05, 0.1) is 7.11 Å². The molecule has 0 bridgehead atoms. The number of rotatable bonds is 3. The molecule has 1 aromatic rings. The Morgan fingerprint density at radius 3 is 2.56 bits per heavy atom. The number of anilines is 1. The molecule has 1 aromatic carbocycles. The molecule has 0 aliphatic heterocycles. The summed E-state index contributed by atoms with van der Waals surface area (Å²) in [4.78, 5) is -0.0940. The van der Waals surface area contributed by atoms with Crippen LogP contribution in [0.2, 0.25) is 0 Å². The van der Waals surface area contributed by atoms with Gasteiger partial charge in [-0.1, -0.05) is 0 Å². The van der Waals surface area contributed by atoms with Crippen LogP contribution in [0.1, 0.15) is 0 Å². The van der Waals surface area contributed by atoms with E-state index in [9.17, 15) is 8.42 Å². The quantitative estimate of drug-likeness (QED) is 0.661. The summed E-state index contributed by atoms with van der Waals surface area (Å²) in [5.41, 5.74) is 5.80. The molecule has 0 aliphatic carbocycles. The third-order valence-corrected chi connectivity index (χ3v) is 2.79. The molecule has 16 heavy (non-hydrogen) atoms. The third kappa shape index (κ3) is 3.05. The van der Waals surface area contributed by atoms with Crippen molar-refractivity contribution in [2.75, 3.05) is 12.4 Å². The molecule has 88 valence electrons. The molecule has 0 spiro atoms. The van der Waals surface area contributed by atoms with E-state index >= 15 is 0 Å². The number of nitrogens with one attached hydrogen (secondary N) is 1. The van der Waals surface area contributed by atoms with Crippen molar-refractivity contribution >= 4 is 33.0 Å². The number of benzene rings is 1. The second-order valence-corrected chi connectivity index (χ2v) is 4.87. The molecule has 6 nitrogen and oxygen atoms in total. The van der Waals surface area contributed by atoms with Gasteiger partial charge in [-0.15, -0.1) is 0 Å². The van der Waals surface area contributed by atoms with Crippen molar-refractivity contribution in [2.24, 2.45) is 10.9 Å². The molecule has 0 aromatic heterocycles. The number of sulfonamides is 1. The van der Waals surface area contributed by atoms with Gasteiger partial charge in [0, 0.05) is 11.8 Å². The van der Waals surface area contributed by atoms with Gasteiger partial charge in [0.15, 0.2) is 5.11 Å². The van der Waals surface area contributed by atoms with Crippen LogP contribution in [0.25, 0.3) is 0 Å². The summed E-state index contributed by atoms with van der Waals surface area (Å²) < 4.78 is 27.3. The highest BCUT2D eigenvalue weighted by atomic mass is 32.2. The van der Waals surface area contributed by atoms with E-state index in [-0.39, 0.29) is 15.8 Å². The molecule has 8 heteroatoms. The first kappa shape index (κ1) is 12.7. The number of thiocarbonyl (C=S) groups is 1. The number of hydrogen-bond donors (Lipinski definition) is 3. The zero-order valence-corrected chi connectivity index (χ0v) is 10.1. The first-order valence-electron chi connectivity index (χ1n) is 4.12. The zero-order valence-electron chi connectivity index (χ0n) is 8.43. The summed E-state index contributed by atoms with van der Waals surface area (Å²) in [5.74, 6) is 0.128. The van der Waals surface area contributed by atoms with Gasteiger partial charge in [-0.05, 0) is 24.4 Å².